The van der Waals surface area contributed by atoms with E-state index in [-0.39, 0.29) is 0 Å². The molecular weight excluding hydrogens is 196 g/mol. The maximum absolute atomic E-state index is 3.67. The molecular formula is C14H32N2. The quantitative estimate of drug-likeness (QED) is 0.618. The topological polar surface area (TPSA) is 15.3 Å². The van der Waals surface area contributed by atoms with Crippen LogP contribution in [0.2, 0.25) is 0 Å². The summed E-state index contributed by atoms with van der Waals surface area (Å²) in [5, 5.41) is 3.67. The highest BCUT2D eigenvalue weighted by Crippen LogP contribution is 2.06. The molecule has 0 heterocycles. The van der Waals surface area contributed by atoms with Gasteiger partial charge in [0.1, 0.15) is 0 Å². The van der Waals surface area contributed by atoms with Gasteiger partial charge in [0.2, 0.25) is 0 Å². The molecule has 16 heavy (non-hydrogen) atoms. The van der Waals surface area contributed by atoms with Gasteiger partial charge in [0.25, 0.3) is 0 Å². The van der Waals surface area contributed by atoms with Gasteiger partial charge in [0.05, 0.1) is 0 Å². The van der Waals surface area contributed by atoms with Crippen molar-refractivity contribution >= 4 is 0 Å². The molecule has 0 radical (unpaired) electrons. The third-order valence-corrected chi connectivity index (χ3v) is 3.00. The van der Waals surface area contributed by atoms with Crippen LogP contribution in [0.25, 0.3) is 0 Å². The lowest BCUT2D eigenvalue weighted by molar-refractivity contribution is 0.218. The molecule has 0 aromatic rings. The van der Waals surface area contributed by atoms with Crippen molar-refractivity contribution in [1.29, 1.82) is 0 Å². The van der Waals surface area contributed by atoms with Crippen molar-refractivity contribution < 1.29 is 0 Å². The lowest BCUT2D eigenvalue weighted by atomic mass is 10.0. The van der Waals surface area contributed by atoms with Gasteiger partial charge in [-0.2, -0.15) is 0 Å². The molecule has 0 spiro atoms. The van der Waals surface area contributed by atoms with Gasteiger partial charge < -0.3 is 10.2 Å². The highest BCUT2D eigenvalue weighted by molar-refractivity contribution is 4.75. The molecule has 1 unspecified atom stereocenters. The van der Waals surface area contributed by atoms with Gasteiger partial charge in [-0.25, -0.2) is 0 Å². The monoisotopic (exact) mass is 228 g/mol. The lowest BCUT2D eigenvalue weighted by Gasteiger charge is -2.30. The van der Waals surface area contributed by atoms with Gasteiger partial charge >= 0.3 is 0 Å². The molecule has 1 atom stereocenters. The second kappa shape index (κ2) is 10.1. The first-order valence-corrected chi connectivity index (χ1v) is 7.11. The molecule has 0 aliphatic carbocycles. The number of hydrogen-bond donors (Lipinski definition) is 1. The van der Waals surface area contributed by atoms with Crippen LogP contribution in [0.1, 0.15) is 53.9 Å². The Labute approximate surface area is 103 Å². The summed E-state index contributed by atoms with van der Waals surface area (Å²) in [6.07, 6.45) is 3.75. The summed E-state index contributed by atoms with van der Waals surface area (Å²) in [6.45, 7) is 16.3. The van der Waals surface area contributed by atoms with E-state index in [1.165, 1.54) is 38.9 Å². The molecule has 0 saturated heterocycles. The van der Waals surface area contributed by atoms with Crippen LogP contribution >= 0.6 is 0 Å². The van der Waals surface area contributed by atoms with Crippen LogP contribution in [0.5, 0.6) is 0 Å². The first kappa shape index (κ1) is 15.9. The van der Waals surface area contributed by atoms with Gasteiger partial charge in [-0.05, 0) is 44.8 Å². The average Bonchev–Trinajstić information content (AvgIpc) is 2.24. The van der Waals surface area contributed by atoms with Crippen molar-refractivity contribution in [1.82, 2.24) is 10.2 Å². The fourth-order valence-electron chi connectivity index (χ4n) is 2.05. The molecule has 0 aromatic carbocycles. The molecule has 0 amide bonds. The van der Waals surface area contributed by atoms with E-state index in [1.807, 2.05) is 0 Å². The number of hydrogen-bond acceptors (Lipinski definition) is 2. The molecule has 2 heteroatoms. The second-order valence-corrected chi connectivity index (χ2v) is 5.11. The third kappa shape index (κ3) is 7.24. The molecule has 1 N–H and O–H groups in total. The predicted octanol–water partition coefficient (Wildman–Crippen LogP) is 3.13. The normalized spacial score (nSPS) is 13.7. The van der Waals surface area contributed by atoms with Crippen LogP contribution in [0.3, 0.4) is 0 Å². The highest BCUT2D eigenvalue weighted by atomic mass is 15.1. The van der Waals surface area contributed by atoms with Gasteiger partial charge in [0.15, 0.2) is 0 Å². The number of nitrogens with one attached hydrogen (secondary N) is 1. The Kier molecular flexibility index (Phi) is 10.0. The first-order valence-electron chi connectivity index (χ1n) is 7.11. The van der Waals surface area contributed by atoms with E-state index in [0.29, 0.717) is 6.04 Å². The Hall–Kier alpha value is -0.0800. The smallest absolute Gasteiger partial charge is 0.0217 e. The number of rotatable bonds is 10. The standard InChI is InChI=1S/C14H32N2/c1-6-9-15-14(13(4)5)12-16(10-7-2)11-8-3/h13-15H,6-12H2,1-5H3. The van der Waals surface area contributed by atoms with Gasteiger partial charge in [0, 0.05) is 12.6 Å². The zero-order valence-electron chi connectivity index (χ0n) is 12.1. The van der Waals surface area contributed by atoms with Crippen molar-refractivity contribution in [2.24, 2.45) is 5.92 Å². The fourth-order valence-corrected chi connectivity index (χ4v) is 2.05. The van der Waals surface area contributed by atoms with Crippen LogP contribution in [-0.4, -0.2) is 37.1 Å². The molecule has 0 rings (SSSR count). The molecule has 98 valence electrons. The summed E-state index contributed by atoms with van der Waals surface area (Å²) < 4.78 is 0. The Morgan fingerprint density at radius 1 is 0.938 bits per heavy atom. The number of nitrogens with zero attached hydrogens (tertiary/aromatic N) is 1. The summed E-state index contributed by atoms with van der Waals surface area (Å²) >= 11 is 0. The summed E-state index contributed by atoms with van der Waals surface area (Å²) in [4.78, 5) is 2.60. The van der Waals surface area contributed by atoms with Gasteiger partial charge in [-0.1, -0.05) is 34.6 Å². The third-order valence-electron chi connectivity index (χ3n) is 3.00. The Bertz CT molecular complexity index is 140. The minimum absolute atomic E-state index is 0.651. The maximum Gasteiger partial charge on any atom is 0.0217 e. The second-order valence-electron chi connectivity index (χ2n) is 5.11. The average molecular weight is 228 g/mol. The molecule has 0 saturated carbocycles. The van der Waals surface area contributed by atoms with E-state index >= 15 is 0 Å². The molecule has 0 fully saturated rings. The van der Waals surface area contributed by atoms with Crippen LogP contribution in [0.4, 0.5) is 0 Å². The summed E-state index contributed by atoms with van der Waals surface area (Å²) in [7, 11) is 0. The van der Waals surface area contributed by atoms with E-state index in [0.717, 1.165) is 12.5 Å². The Morgan fingerprint density at radius 2 is 1.50 bits per heavy atom. The van der Waals surface area contributed by atoms with Crippen LogP contribution in [-0.2, 0) is 0 Å². The minimum Gasteiger partial charge on any atom is -0.312 e. The van der Waals surface area contributed by atoms with Gasteiger partial charge in [-0.3, -0.25) is 0 Å². The largest absolute Gasteiger partial charge is 0.312 e. The first-order chi connectivity index (χ1) is 7.65. The molecule has 0 aliphatic rings. The highest BCUT2D eigenvalue weighted by Gasteiger charge is 2.15. The lowest BCUT2D eigenvalue weighted by Crippen LogP contribution is -2.45. The van der Waals surface area contributed by atoms with Crippen molar-refractivity contribution in [2.45, 2.75) is 59.9 Å². The zero-order valence-corrected chi connectivity index (χ0v) is 12.1. The van der Waals surface area contributed by atoms with Crippen LogP contribution in [0, 0.1) is 5.92 Å². The van der Waals surface area contributed by atoms with E-state index in [9.17, 15) is 0 Å². The van der Waals surface area contributed by atoms with Crippen molar-refractivity contribution in [3.05, 3.63) is 0 Å². The van der Waals surface area contributed by atoms with E-state index in [4.69, 9.17) is 0 Å². The summed E-state index contributed by atoms with van der Waals surface area (Å²) in [6, 6.07) is 0.651. The van der Waals surface area contributed by atoms with Crippen molar-refractivity contribution in [3.63, 3.8) is 0 Å². The summed E-state index contributed by atoms with van der Waals surface area (Å²) in [5.74, 6) is 0.725. The van der Waals surface area contributed by atoms with Crippen molar-refractivity contribution in [2.75, 3.05) is 26.2 Å². The van der Waals surface area contributed by atoms with Gasteiger partial charge in [-0.15, -0.1) is 0 Å². The SMILES string of the molecule is CCCNC(CN(CCC)CCC)C(C)C. The van der Waals surface area contributed by atoms with Crippen molar-refractivity contribution in [3.8, 4) is 0 Å². The molecule has 0 aromatic heterocycles. The fraction of sp³-hybridized carbons (Fsp3) is 1.00. The minimum atomic E-state index is 0.651. The van der Waals surface area contributed by atoms with Crippen LogP contribution < -0.4 is 5.32 Å². The summed E-state index contributed by atoms with van der Waals surface area (Å²) in [5.41, 5.74) is 0. The Balaban J connectivity index is 4.09. The molecule has 0 bridgehead atoms. The predicted molar refractivity (Wildman–Crippen MR) is 73.9 cm³/mol. The van der Waals surface area contributed by atoms with E-state index in [2.05, 4.69) is 44.8 Å². The maximum atomic E-state index is 3.67. The van der Waals surface area contributed by atoms with E-state index < -0.39 is 0 Å². The molecule has 0 aliphatic heterocycles. The Morgan fingerprint density at radius 3 is 1.88 bits per heavy atom. The van der Waals surface area contributed by atoms with Crippen LogP contribution in [0.15, 0.2) is 0 Å². The molecule has 2 nitrogen and oxygen atoms in total. The zero-order chi connectivity index (χ0) is 12.4. The van der Waals surface area contributed by atoms with E-state index in [1.54, 1.807) is 0 Å².